The molecule has 1 aliphatic carbocycles. The number of amides is 1. The summed E-state index contributed by atoms with van der Waals surface area (Å²) in [6, 6.07) is 0.867. The summed E-state index contributed by atoms with van der Waals surface area (Å²) in [5, 5.41) is 6.43. The smallest absolute Gasteiger partial charge is 0.221 e. The Labute approximate surface area is 106 Å². The first-order valence-electron chi connectivity index (χ1n) is 7.01. The first-order chi connectivity index (χ1) is 7.99. The Morgan fingerprint density at radius 2 is 1.94 bits per heavy atom. The van der Waals surface area contributed by atoms with E-state index in [0.29, 0.717) is 18.5 Å². The zero-order chi connectivity index (χ0) is 12.8. The molecule has 0 aromatic heterocycles. The summed E-state index contributed by atoms with van der Waals surface area (Å²) in [6.07, 6.45) is 4.13. The first-order valence-corrected chi connectivity index (χ1v) is 7.01. The molecule has 0 aromatic rings. The van der Waals surface area contributed by atoms with E-state index in [9.17, 15) is 4.79 Å². The molecule has 3 nitrogen and oxygen atoms in total. The predicted molar refractivity (Wildman–Crippen MR) is 71.9 cm³/mol. The van der Waals surface area contributed by atoms with Crippen LogP contribution in [0.4, 0.5) is 0 Å². The quantitative estimate of drug-likeness (QED) is 0.774. The van der Waals surface area contributed by atoms with Crippen LogP contribution < -0.4 is 10.6 Å². The van der Waals surface area contributed by atoms with Gasteiger partial charge in [-0.25, -0.2) is 0 Å². The number of hydrogen-bond acceptors (Lipinski definition) is 2. The molecule has 0 bridgehead atoms. The average molecular weight is 240 g/mol. The minimum Gasteiger partial charge on any atom is -0.353 e. The van der Waals surface area contributed by atoms with E-state index < -0.39 is 0 Å². The highest BCUT2D eigenvalue weighted by Crippen LogP contribution is 2.29. The Morgan fingerprint density at radius 1 is 1.24 bits per heavy atom. The van der Waals surface area contributed by atoms with E-state index in [1.54, 1.807) is 0 Å². The van der Waals surface area contributed by atoms with E-state index in [2.05, 4.69) is 38.3 Å². The molecule has 100 valence electrons. The van der Waals surface area contributed by atoms with Crippen molar-refractivity contribution in [1.82, 2.24) is 10.6 Å². The number of carbonyl (C=O) groups is 1. The topological polar surface area (TPSA) is 41.1 Å². The third kappa shape index (κ3) is 5.53. The highest BCUT2D eigenvalue weighted by Gasteiger charge is 2.25. The van der Waals surface area contributed by atoms with Crippen LogP contribution in [0.5, 0.6) is 0 Å². The van der Waals surface area contributed by atoms with E-state index >= 15 is 0 Å². The number of nitrogens with one attached hydrogen (secondary N) is 2. The second kappa shape index (κ2) is 7.00. The molecular formula is C14H28N2O. The van der Waals surface area contributed by atoms with Crippen molar-refractivity contribution in [2.24, 2.45) is 11.8 Å². The normalized spacial score (nSPS) is 29.4. The van der Waals surface area contributed by atoms with Gasteiger partial charge in [-0.1, -0.05) is 27.7 Å². The lowest BCUT2D eigenvalue weighted by Crippen LogP contribution is -2.41. The highest BCUT2D eigenvalue weighted by atomic mass is 16.1. The zero-order valence-electron chi connectivity index (χ0n) is 11.8. The maximum absolute atomic E-state index is 11.7. The minimum absolute atomic E-state index is 0.199. The van der Waals surface area contributed by atoms with Crippen molar-refractivity contribution in [1.29, 1.82) is 0 Å². The summed E-state index contributed by atoms with van der Waals surface area (Å²) in [5.41, 5.74) is 0. The van der Waals surface area contributed by atoms with E-state index in [1.807, 2.05) is 0 Å². The number of rotatable bonds is 5. The molecule has 0 heterocycles. The Kier molecular flexibility index (Phi) is 5.96. The lowest BCUT2D eigenvalue weighted by molar-refractivity contribution is -0.122. The molecule has 0 aromatic carbocycles. The number of hydrogen-bond donors (Lipinski definition) is 2. The maximum atomic E-state index is 11.7. The van der Waals surface area contributed by atoms with Crippen LogP contribution in [-0.4, -0.2) is 24.5 Å². The van der Waals surface area contributed by atoms with Gasteiger partial charge in [-0.3, -0.25) is 4.79 Å². The van der Waals surface area contributed by atoms with Gasteiger partial charge in [0.2, 0.25) is 5.91 Å². The van der Waals surface area contributed by atoms with Gasteiger partial charge >= 0.3 is 0 Å². The fourth-order valence-electron chi connectivity index (χ4n) is 2.45. The highest BCUT2D eigenvalue weighted by molar-refractivity contribution is 5.76. The van der Waals surface area contributed by atoms with Gasteiger partial charge in [-0.05, 0) is 31.1 Å². The summed E-state index contributed by atoms with van der Waals surface area (Å²) in [5.74, 6) is 1.75. The van der Waals surface area contributed by atoms with Crippen LogP contribution in [0, 0.1) is 11.8 Å². The molecule has 0 saturated heterocycles. The Hall–Kier alpha value is -0.570. The SMILES string of the molecule is CC(C)NCCC(=O)NC1CCC(C)C(C)C1. The molecule has 1 saturated carbocycles. The van der Waals surface area contributed by atoms with Crippen molar-refractivity contribution in [3.05, 3.63) is 0 Å². The minimum atomic E-state index is 0.199. The third-order valence-electron chi connectivity index (χ3n) is 3.87. The number of carbonyl (C=O) groups excluding carboxylic acids is 1. The van der Waals surface area contributed by atoms with Gasteiger partial charge in [0.1, 0.15) is 0 Å². The Bertz CT molecular complexity index is 240. The summed E-state index contributed by atoms with van der Waals surface area (Å²) in [6.45, 7) is 9.59. The predicted octanol–water partition coefficient (Wildman–Crippen LogP) is 2.32. The molecule has 1 aliphatic rings. The van der Waals surface area contributed by atoms with E-state index in [-0.39, 0.29) is 5.91 Å². The average Bonchev–Trinajstić information content (AvgIpc) is 2.23. The molecule has 3 unspecified atom stereocenters. The van der Waals surface area contributed by atoms with Crippen molar-refractivity contribution in [2.45, 2.75) is 65.5 Å². The van der Waals surface area contributed by atoms with Crippen molar-refractivity contribution in [3.63, 3.8) is 0 Å². The summed E-state index contributed by atoms with van der Waals surface area (Å²) in [4.78, 5) is 11.7. The lowest BCUT2D eigenvalue weighted by atomic mass is 9.79. The van der Waals surface area contributed by atoms with Crippen LogP contribution in [0.2, 0.25) is 0 Å². The summed E-state index contributed by atoms with van der Waals surface area (Å²) < 4.78 is 0. The molecular weight excluding hydrogens is 212 g/mol. The second-order valence-corrected chi connectivity index (χ2v) is 5.89. The van der Waals surface area contributed by atoms with Gasteiger partial charge in [-0.2, -0.15) is 0 Å². The Balaban J connectivity index is 2.18. The zero-order valence-corrected chi connectivity index (χ0v) is 11.8. The monoisotopic (exact) mass is 240 g/mol. The fraction of sp³-hybridized carbons (Fsp3) is 0.929. The molecule has 0 aliphatic heterocycles. The fourth-order valence-corrected chi connectivity index (χ4v) is 2.45. The van der Waals surface area contributed by atoms with E-state index in [0.717, 1.165) is 31.2 Å². The van der Waals surface area contributed by atoms with Crippen LogP contribution in [0.1, 0.15) is 53.4 Å². The van der Waals surface area contributed by atoms with Crippen LogP contribution in [0.3, 0.4) is 0 Å². The third-order valence-corrected chi connectivity index (χ3v) is 3.87. The van der Waals surface area contributed by atoms with Gasteiger partial charge in [0.15, 0.2) is 0 Å². The van der Waals surface area contributed by atoms with Crippen molar-refractivity contribution < 1.29 is 4.79 Å². The molecule has 17 heavy (non-hydrogen) atoms. The van der Waals surface area contributed by atoms with Gasteiger partial charge < -0.3 is 10.6 Å². The van der Waals surface area contributed by atoms with Crippen LogP contribution >= 0.6 is 0 Å². The first kappa shape index (κ1) is 14.5. The molecule has 0 spiro atoms. The molecule has 3 heteroatoms. The van der Waals surface area contributed by atoms with E-state index in [1.165, 1.54) is 6.42 Å². The van der Waals surface area contributed by atoms with E-state index in [4.69, 9.17) is 0 Å². The van der Waals surface area contributed by atoms with Gasteiger partial charge in [-0.15, -0.1) is 0 Å². The molecule has 1 amide bonds. The van der Waals surface area contributed by atoms with Crippen molar-refractivity contribution in [2.75, 3.05) is 6.54 Å². The van der Waals surface area contributed by atoms with Gasteiger partial charge in [0.25, 0.3) is 0 Å². The summed E-state index contributed by atoms with van der Waals surface area (Å²) in [7, 11) is 0. The molecule has 0 radical (unpaired) electrons. The van der Waals surface area contributed by atoms with Crippen molar-refractivity contribution >= 4 is 5.91 Å². The second-order valence-electron chi connectivity index (χ2n) is 5.89. The molecule has 2 N–H and O–H groups in total. The molecule has 1 rings (SSSR count). The summed E-state index contributed by atoms with van der Waals surface area (Å²) >= 11 is 0. The lowest BCUT2D eigenvalue weighted by Gasteiger charge is -2.32. The Morgan fingerprint density at radius 3 is 2.53 bits per heavy atom. The van der Waals surface area contributed by atoms with Gasteiger partial charge in [0.05, 0.1) is 0 Å². The van der Waals surface area contributed by atoms with Crippen LogP contribution in [0.15, 0.2) is 0 Å². The molecule has 3 atom stereocenters. The largest absolute Gasteiger partial charge is 0.353 e. The van der Waals surface area contributed by atoms with Gasteiger partial charge in [0, 0.05) is 25.0 Å². The van der Waals surface area contributed by atoms with Crippen LogP contribution in [-0.2, 0) is 4.79 Å². The maximum Gasteiger partial charge on any atom is 0.221 e. The van der Waals surface area contributed by atoms with Crippen LogP contribution in [0.25, 0.3) is 0 Å². The van der Waals surface area contributed by atoms with Crippen molar-refractivity contribution in [3.8, 4) is 0 Å². The standard InChI is InChI=1S/C14H28N2O/c1-10(2)15-8-7-14(17)16-13-6-5-11(3)12(4)9-13/h10-13,15H,5-9H2,1-4H3,(H,16,17). The molecule has 1 fully saturated rings.